The molecule has 2 heterocycles. The van der Waals surface area contributed by atoms with Gasteiger partial charge < -0.3 is 19.5 Å². The Hall–Kier alpha value is -2.18. The Morgan fingerprint density at radius 2 is 2.03 bits per heavy atom. The fraction of sp³-hybridized carbons (Fsp3) is 0.600. The summed E-state index contributed by atoms with van der Waals surface area (Å²) in [6.45, 7) is 4.74. The van der Waals surface area contributed by atoms with Crippen molar-refractivity contribution in [3.63, 3.8) is 0 Å². The molecule has 0 amide bonds. The van der Waals surface area contributed by atoms with E-state index >= 15 is 0 Å². The first-order valence-electron chi connectivity index (χ1n) is 11.6. The number of carbonyl (C=O) groups is 2. The highest BCUT2D eigenvalue weighted by Gasteiger charge is 2.69. The third-order valence-electron chi connectivity index (χ3n) is 7.82. The fourth-order valence-electron chi connectivity index (χ4n) is 6.42. The van der Waals surface area contributed by atoms with Crippen LogP contribution in [0.4, 0.5) is 0 Å². The average Bonchev–Trinajstić information content (AvgIpc) is 3.10. The van der Waals surface area contributed by atoms with Crippen LogP contribution in [0.15, 0.2) is 24.3 Å². The van der Waals surface area contributed by atoms with Gasteiger partial charge in [-0.3, -0.25) is 9.59 Å². The summed E-state index contributed by atoms with van der Waals surface area (Å²) in [7, 11) is 2.14. The predicted octanol–water partition coefficient (Wildman–Crippen LogP) is 2.94. The van der Waals surface area contributed by atoms with Gasteiger partial charge in [0.1, 0.15) is 6.10 Å². The van der Waals surface area contributed by atoms with Gasteiger partial charge in [-0.1, -0.05) is 26.0 Å². The minimum Gasteiger partial charge on any atom is -0.481 e. The molecular weight excluding hydrogens is 394 g/mol. The fourth-order valence-corrected chi connectivity index (χ4v) is 6.42. The molecular formula is C25H31NO5. The van der Waals surface area contributed by atoms with E-state index in [2.05, 4.69) is 18.0 Å². The number of Topliss-reactive ketones (excluding diaryl/α,β-unsaturated/α-hetero) is 1. The van der Waals surface area contributed by atoms with Gasteiger partial charge in [0, 0.05) is 35.8 Å². The Balaban J connectivity index is 1.68. The summed E-state index contributed by atoms with van der Waals surface area (Å²) in [6.07, 6.45) is 6.70. The molecule has 1 fully saturated rings. The number of nitrogens with zero attached hydrogens (tertiary/aromatic N) is 1. The molecule has 6 heteroatoms. The number of esters is 1. The van der Waals surface area contributed by atoms with Crippen LogP contribution in [0.5, 0.6) is 11.5 Å². The highest BCUT2D eigenvalue weighted by molar-refractivity contribution is 5.91. The van der Waals surface area contributed by atoms with E-state index in [1.807, 2.05) is 26.0 Å². The van der Waals surface area contributed by atoms with Crippen LogP contribution in [0, 0.1) is 5.92 Å². The molecule has 1 spiro atoms. The number of ether oxygens (including phenoxy) is 2. The first-order chi connectivity index (χ1) is 14.9. The van der Waals surface area contributed by atoms with Crippen LogP contribution >= 0.6 is 0 Å². The molecule has 4 aliphatic rings. The van der Waals surface area contributed by atoms with Crippen molar-refractivity contribution in [1.29, 1.82) is 0 Å². The third-order valence-corrected chi connectivity index (χ3v) is 7.82. The average molecular weight is 426 g/mol. The van der Waals surface area contributed by atoms with Gasteiger partial charge in [-0.15, -0.1) is 0 Å². The van der Waals surface area contributed by atoms with Crippen molar-refractivity contribution < 1.29 is 24.2 Å². The smallest absolute Gasteiger partial charge is 0.311 e. The first kappa shape index (κ1) is 20.7. The summed E-state index contributed by atoms with van der Waals surface area (Å²) in [5.74, 6) is 0.595. The molecule has 1 aromatic rings. The quantitative estimate of drug-likeness (QED) is 0.429. The molecule has 0 saturated carbocycles. The standard InChI is InChI=1S/C25H31NO5/c1-4-6-19(27)25(29)11-10-16-17-14-15-8-9-18(30-20(28)7-5-2)22-21(15)24(16,23(25)31-22)12-13-26(17)3/h8-11,16-17,23,29H,4-7,12-14H2,1-3H3/t16-,17+,23+,24-,25+/m0/s1. The summed E-state index contributed by atoms with van der Waals surface area (Å²) < 4.78 is 12.2. The normalized spacial score (nSPS) is 34.8. The number of likely N-dealkylation sites (N-methyl/N-ethyl adjacent to an activating group) is 1. The number of hydrogen-bond donors (Lipinski definition) is 1. The highest BCUT2D eigenvalue weighted by atomic mass is 16.6. The van der Waals surface area contributed by atoms with E-state index in [4.69, 9.17) is 9.47 Å². The maximum Gasteiger partial charge on any atom is 0.311 e. The largest absolute Gasteiger partial charge is 0.481 e. The highest BCUT2D eigenvalue weighted by Crippen LogP contribution is 2.64. The number of hydrogen-bond acceptors (Lipinski definition) is 6. The number of carbonyl (C=O) groups excluding carboxylic acids is 2. The molecule has 5 atom stereocenters. The van der Waals surface area contributed by atoms with Gasteiger partial charge in [-0.05, 0) is 57.0 Å². The summed E-state index contributed by atoms with van der Waals surface area (Å²) in [5, 5.41) is 11.7. The Labute approximate surface area is 183 Å². The number of ketones is 1. The van der Waals surface area contributed by atoms with Crippen LogP contribution in [0.3, 0.4) is 0 Å². The molecule has 2 bridgehead atoms. The lowest BCUT2D eigenvalue weighted by Gasteiger charge is -2.58. The molecule has 1 N–H and O–H groups in total. The van der Waals surface area contributed by atoms with Crippen LogP contribution in [0.2, 0.25) is 0 Å². The van der Waals surface area contributed by atoms with E-state index in [1.54, 1.807) is 6.08 Å². The van der Waals surface area contributed by atoms with Gasteiger partial charge in [-0.25, -0.2) is 0 Å². The molecule has 6 nitrogen and oxygen atoms in total. The van der Waals surface area contributed by atoms with E-state index in [-0.39, 0.29) is 23.7 Å². The van der Waals surface area contributed by atoms with Gasteiger partial charge in [0.15, 0.2) is 22.9 Å². The van der Waals surface area contributed by atoms with Crippen molar-refractivity contribution in [3.8, 4) is 11.5 Å². The summed E-state index contributed by atoms with van der Waals surface area (Å²) in [6, 6.07) is 4.13. The van der Waals surface area contributed by atoms with E-state index < -0.39 is 17.1 Å². The second kappa shape index (κ2) is 7.17. The molecule has 0 radical (unpaired) electrons. The molecule has 166 valence electrons. The zero-order valence-electron chi connectivity index (χ0n) is 18.5. The van der Waals surface area contributed by atoms with Gasteiger partial charge >= 0.3 is 5.97 Å². The van der Waals surface area contributed by atoms with Crippen molar-refractivity contribution in [2.75, 3.05) is 13.6 Å². The first-order valence-corrected chi connectivity index (χ1v) is 11.6. The zero-order valence-corrected chi connectivity index (χ0v) is 18.5. The lowest BCUT2D eigenvalue weighted by atomic mass is 9.51. The molecule has 1 aromatic carbocycles. The second-order valence-electron chi connectivity index (χ2n) is 9.57. The van der Waals surface area contributed by atoms with E-state index in [0.29, 0.717) is 37.2 Å². The van der Waals surface area contributed by atoms with E-state index in [1.165, 1.54) is 5.56 Å². The Kier molecular flexibility index (Phi) is 4.79. The summed E-state index contributed by atoms with van der Waals surface area (Å²) in [5.41, 5.74) is 0.0489. The molecule has 0 aromatic heterocycles. The zero-order chi connectivity index (χ0) is 22.0. The van der Waals surface area contributed by atoms with Crippen molar-refractivity contribution >= 4 is 11.8 Å². The lowest BCUT2D eigenvalue weighted by Crippen LogP contribution is -2.69. The maximum atomic E-state index is 13.1. The molecule has 2 aliphatic heterocycles. The SMILES string of the molecule is CCCC(=O)Oc1ccc2c3c1O[C@@H]1[C@]34CCN(C)[C@H](C2)[C@@H]4C=C[C@@]1(O)C(=O)CCC. The van der Waals surface area contributed by atoms with Gasteiger partial charge in [0.2, 0.25) is 0 Å². The lowest BCUT2D eigenvalue weighted by molar-refractivity contribution is -0.151. The van der Waals surface area contributed by atoms with Crippen molar-refractivity contribution in [1.82, 2.24) is 4.90 Å². The monoisotopic (exact) mass is 425 g/mol. The number of likely N-dealkylation sites (tertiary alicyclic amines) is 1. The van der Waals surface area contributed by atoms with Gasteiger partial charge in [-0.2, -0.15) is 0 Å². The molecule has 5 rings (SSSR count). The minimum absolute atomic E-state index is 0.140. The van der Waals surface area contributed by atoms with Crippen molar-refractivity contribution in [2.24, 2.45) is 5.92 Å². The maximum absolute atomic E-state index is 13.1. The third kappa shape index (κ3) is 2.70. The minimum atomic E-state index is -1.68. The van der Waals surface area contributed by atoms with Gasteiger partial charge in [0.25, 0.3) is 0 Å². The Morgan fingerprint density at radius 3 is 2.77 bits per heavy atom. The van der Waals surface area contributed by atoms with Gasteiger partial charge in [0.05, 0.1) is 0 Å². The second-order valence-corrected chi connectivity index (χ2v) is 9.57. The van der Waals surface area contributed by atoms with Crippen LogP contribution in [0.1, 0.15) is 57.1 Å². The summed E-state index contributed by atoms with van der Waals surface area (Å²) in [4.78, 5) is 27.8. The Bertz CT molecular complexity index is 971. The van der Waals surface area contributed by atoms with Crippen molar-refractivity contribution in [3.05, 3.63) is 35.4 Å². The molecule has 1 saturated heterocycles. The number of aliphatic hydroxyl groups is 1. The van der Waals surface area contributed by atoms with Crippen molar-refractivity contribution in [2.45, 2.75) is 75.5 Å². The Morgan fingerprint density at radius 1 is 1.26 bits per heavy atom. The molecule has 31 heavy (non-hydrogen) atoms. The summed E-state index contributed by atoms with van der Waals surface area (Å²) >= 11 is 0. The van der Waals surface area contributed by atoms with Crippen LogP contribution in [0.25, 0.3) is 0 Å². The molecule has 0 unspecified atom stereocenters. The van der Waals surface area contributed by atoms with Crippen LogP contribution in [-0.2, 0) is 21.4 Å². The van der Waals surface area contributed by atoms with E-state index in [0.717, 1.165) is 24.9 Å². The van der Waals surface area contributed by atoms with Crippen LogP contribution in [-0.4, -0.2) is 53.1 Å². The van der Waals surface area contributed by atoms with Crippen LogP contribution < -0.4 is 9.47 Å². The number of piperidine rings is 1. The van der Waals surface area contributed by atoms with E-state index in [9.17, 15) is 14.7 Å². The predicted molar refractivity (Wildman–Crippen MR) is 115 cm³/mol. The number of benzene rings is 1. The topological polar surface area (TPSA) is 76.1 Å². The number of rotatable bonds is 6. The molecule has 2 aliphatic carbocycles.